The number of hydrogen-bond acceptors (Lipinski definition) is 4. The summed E-state index contributed by atoms with van der Waals surface area (Å²) < 4.78 is 7.01. The maximum Gasteiger partial charge on any atom is 0.222 e. The molecule has 6 heteroatoms. The van der Waals surface area contributed by atoms with Crippen LogP contribution in [0.4, 0.5) is 0 Å². The molecular weight excluding hydrogens is 220 g/mol. The third-order valence-electron chi connectivity index (χ3n) is 2.48. The number of methoxy groups -OCH3 is 1. The lowest BCUT2D eigenvalue weighted by Crippen LogP contribution is -2.32. The maximum absolute atomic E-state index is 11.5. The molecule has 0 aliphatic carbocycles. The molecule has 1 unspecified atom stereocenters. The fourth-order valence-electron chi connectivity index (χ4n) is 1.45. The monoisotopic (exact) mass is 240 g/mol. The van der Waals surface area contributed by atoms with Gasteiger partial charge in [-0.3, -0.25) is 4.79 Å². The van der Waals surface area contributed by atoms with Crippen LogP contribution in [0.25, 0.3) is 0 Å². The molecule has 0 aromatic carbocycles. The van der Waals surface area contributed by atoms with E-state index in [9.17, 15) is 4.79 Å². The van der Waals surface area contributed by atoms with Gasteiger partial charge in [-0.25, -0.2) is 4.98 Å². The van der Waals surface area contributed by atoms with Crippen molar-refractivity contribution in [2.45, 2.75) is 25.5 Å². The number of aryl methyl sites for hydroxylation is 1. The molecule has 6 nitrogen and oxygen atoms in total. The van der Waals surface area contributed by atoms with Gasteiger partial charge in [-0.05, 0) is 6.42 Å². The van der Waals surface area contributed by atoms with E-state index in [2.05, 4.69) is 10.3 Å². The number of nitrogens with one attached hydrogen (secondary N) is 1. The van der Waals surface area contributed by atoms with Crippen molar-refractivity contribution in [2.24, 2.45) is 5.73 Å². The summed E-state index contributed by atoms with van der Waals surface area (Å²) in [5.41, 5.74) is 5.44. The van der Waals surface area contributed by atoms with Crippen LogP contribution in [-0.4, -0.2) is 41.8 Å². The maximum atomic E-state index is 11.5. The van der Waals surface area contributed by atoms with Crippen LogP contribution in [0.5, 0.6) is 0 Å². The zero-order chi connectivity index (χ0) is 12.5. The molecule has 1 amide bonds. The average Bonchev–Trinajstić information content (AvgIpc) is 2.84. The summed E-state index contributed by atoms with van der Waals surface area (Å²) in [5.74, 6) is -0.0204. The molecule has 1 atom stereocenters. The fraction of sp³-hybridized carbons (Fsp3) is 0.636. The molecule has 3 N–H and O–H groups in total. The van der Waals surface area contributed by atoms with Crippen molar-refractivity contribution >= 4 is 5.91 Å². The summed E-state index contributed by atoms with van der Waals surface area (Å²) >= 11 is 0. The number of carbonyl (C=O) groups excluding carboxylic acids is 1. The molecule has 0 saturated heterocycles. The molecular formula is C11H20N4O2. The van der Waals surface area contributed by atoms with Gasteiger partial charge < -0.3 is 20.4 Å². The van der Waals surface area contributed by atoms with Gasteiger partial charge in [0.25, 0.3) is 0 Å². The molecule has 0 bridgehead atoms. The summed E-state index contributed by atoms with van der Waals surface area (Å²) in [6, 6.07) is 0. The minimum absolute atomic E-state index is 0.0204. The molecule has 17 heavy (non-hydrogen) atoms. The lowest BCUT2D eigenvalue weighted by Gasteiger charge is -2.12. The van der Waals surface area contributed by atoms with Crippen molar-refractivity contribution in [3.8, 4) is 0 Å². The van der Waals surface area contributed by atoms with E-state index in [1.807, 2.05) is 10.8 Å². The Balaban J connectivity index is 2.07. The van der Waals surface area contributed by atoms with E-state index >= 15 is 0 Å². The minimum atomic E-state index is -0.191. The molecule has 96 valence electrons. The van der Waals surface area contributed by atoms with Crippen LogP contribution in [0.3, 0.4) is 0 Å². The van der Waals surface area contributed by atoms with Crippen LogP contribution >= 0.6 is 0 Å². The SMILES string of the molecule is COC(CN)CC(=O)NCCCn1ccnc1. The predicted octanol–water partition coefficient (Wildman–Crippen LogP) is -0.247. The number of nitrogens with two attached hydrogens (primary N) is 1. The van der Waals surface area contributed by atoms with Gasteiger partial charge in [0.15, 0.2) is 0 Å². The van der Waals surface area contributed by atoms with Gasteiger partial charge in [0.1, 0.15) is 0 Å². The number of aromatic nitrogens is 2. The number of rotatable bonds is 8. The van der Waals surface area contributed by atoms with Crippen LogP contribution in [0, 0.1) is 0 Å². The standard InChI is InChI=1S/C11H20N4O2/c1-17-10(8-12)7-11(16)14-3-2-5-15-6-4-13-9-15/h4,6,9-10H,2-3,5,7-8,12H2,1H3,(H,14,16). The molecule has 0 saturated carbocycles. The first kappa shape index (κ1) is 13.7. The van der Waals surface area contributed by atoms with Crippen LogP contribution < -0.4 is 11.1 Å². The van der Waals surface area contributed by atoms with Crippen molar-refractivity contribution < 1.29 is 9.53 Å². The van der Waals surface area contributed by atoms with E-state index < -0.39 is 0 Å². The Labute approximate surface area is 101 Å². The largest absolute Gasteiger partial charge is 0.380 e. The Hall–Kier alpha value is -1.40. The van der Waals surface area contributed by atoms with E-state index in [0.29, 0.717) is 19.5 Å². The van der Waals surface area contributed by atoms with E-state index in [-0.39, 0.29) is 12.0 Å². The van der Waals surface area contributed by atoms with E-state index in [1.165, 1.54) is 0 Å². The Morgan fingerprint density at radius 3 is 3.06 bits per heavy atom. The number of imidazole rings is 1. The van der Waals surface area contributed by atoms with Crippen LogP contribution in [0.15, 0.2) is 18.7 Å². The highest BCUT2D eigenvalue weighted by molar-refractivity contribution is 5.76. The van der Waals surface area contributed by atoms with Crippen molar-refractivity contribution in [3.63, 3.8) is 0 Å². The van der Waals surface area contributed by atoms with Crippen molar-refractivity contribution in [1.82, 2.24) is 14.9 Å². The fourth-order valence-corrected chi connectivity index (χ4v) is 1.45. The number of hydrogen-bond donors (Lipinski definition) is 2. The van der Waals surface area contributed by atoms with Gasteiger partial charge in [0.05, 0.1) is 18.9 Å². The molecule has 1 heterocycles. The summed E-state index contributed by atoms with van der Waals surface area (Å²) in [5, 5.41) is 2.84. The lowest BCUT2D eigenvalue weighted by molar-refractivity contribution is -0.123. The van der Waals surface area contributed by atoms with E-state index in [4.69, 9.17) is 10.5 Å². The second-order valence-electron chi connectivity index (χ2n) is 3.80. The zero-order valence-corrected chi connectivity index (χ0v) is 10.1. The predicted molar refractivity (Wildman–Crippen MR) is 64.3 cm³/mol. The molecule has 1 rings (SSSR count). The number of carbonyl (C=O) groups is 1. The highest BCUT2D eigenvalue weighted by atomic mass is 16.5. The molecule has 0 aliphatic heterocycles. The molecule has 1 aromatic heterocycles. The Bertz CT molecular complexity index is 309. The third kappa shape index (κ3) is 5.46. The van der Waals surface area contributed by atoms with Crippen molar-refractivity contribution in [2.75, 3.05) is 20.2 Å². The van der Waals surface area contributed by atoms with Gasteiger partial charge in [-0.15, -0.1) is 0 Å². The summed E-state index contributed by atoms with van der Waals surface area (Å²) in [4.78, 5) is 15.4. The van der Waals surface area contributed by atoms with E-state index in [1.54, 1.807) is 19.6 Å². The second kappa shape index (κ2) is 7.81. The smallest absolute Gasteiger partial charge is 0.222 e. The Morgan fingerprint density at radius 2 is 2.47 bits per heavy atom. The summed E-state index contributed by atoms with van der Waals surface area (Å²) in [7, 11) is 1.56. The van der Waals surface area contributed by atoms with Gasteiger partial charge in [-0.1, -0.05) is 0 Å². The van der Waals surface area contributed by atoms with Gasteiger partial charge in [0, 0.05) is 39.1 Å². The normalized spacial score (nSPS) is 12.4. The topological polar surface area (TPSA) is 82.2 Å². The first-order chi connectivity index (χ1) is 8.26. The molecule has 0 fully saturated rings. The highest BCUT2D eigenvalue weighted by Gasteiger charge is 2.10. The van der Waals surface area contributed by atoms with Crippen molar-refractivity contribution in [3.05, 3.63) is 18.7 Å². The third-order valence-corrected chi connectivity index (χ3v) is 2.48. The molecule has 0 spiro atoms. The van der Waals surface area contributed by atoms with Crippen LogP contribution in [0.1, 0.15) is 12.8 Å². The Kier molecular flexibility index (Phi) is 6.27. The number of nitrogens with zero attached hydrogens (tertiary/aromatic N) is 2. The summed E-state index contributed by atoms with van der Waals surface area (Å²) in [6.45, 7) is 1.86. The molecule has 0 radical (unpaired) electrons. The minimum Gasteiger partial charge on any atom is -0.380 e. The quantitative estimate of drug-likeness (QED) is 0.614. The molecule has 1 aromatic rings. The lowest BCUT2D eigenvalue weighted by atomic mass is 10.2. The van der Waals surface area contributed by atoms with Gasteiger partial charge in [-0.2, -0.15) is 0 Å². The Morgan fingerprint density at radius 1 is 1.65 bits per heavy atom. The summed E-state index contributed by atoms with van der Waals surface area (Å²) in [6.07, 6.45) is 6.40. The van der Waals surface area contributed by atoms with Crippen LogP contribution in [0.2, 0.25) is 0 Å². The van der Waals surface area contributed by atoms with Crippen LogP contribution in [-0.2, 0) is 16.1 Å². The first-order valence-electron chi connectivity index (χ1n) is 5.71. The van der Waals surface area contributed by atoms with Gasteiger partial charge in [0.2, 0.25) is 5.91 Å². The average molecular weight is 240 g/mol. The zero-order valence-electron chi connectivity index (χ0n) is 10.1. The number of amides is 1. The first-order valence-corrected chi connectivity index (χ1v) is 5.71. The van der Waals surface area contributed by atoms with E-state index in [0.717, 1.165) is 13.0 Å². The highest BCUT2D eigenvalue weighted by Crippen LogP contribution is 1.95. The number of ether oxygens (including phenoxy) is 1. The van der Waals surface area contributed by atoms with Gasteiger partial charge >= 0.3 is 0 Å². The molecule has 0 aliphatic rings. The second-order valence-corrected chi connectivity index (χ2v) is 3.80. The van der Waals surface area contributed by atoms with Crippen molar-refractivity contribution in [1.29, 1.82) is 0 Å².